The Balaban J connectivity index is 1.61. The van der Waals surface area contributed by atoms with E-state index in [0.717, 1.165) is 10.0 Å². The number of nitrogens with zero attached hydrogens (tertiary/aromatic N) is 1. The first kappa shape index (κ1) is 23.8. The number of benzene rings is 3. The molecule has 33 heavy (non-hydrogen) atoms. The fourth-order valence-corrected chi connectivity index (χ4v) is 4.54. The van der Waals surface area contributed by atoms with Crippen molar-refractivity contribution in [2.24, 2.45) is 4.99 Å². The summed E-state index contributed by atoms with van der Waals surface area (Å²) in [6, 6.07) is 16.2. The van der Waals surface area contributed by atoms with Gasteiger partial charge in [0.05, 0.1) is 22.2 Å². The minimum absolute atomic E-state index is 0.118. The van der Waals surface area contributed by atoms with Crippen LogP contribution in [0.15, 0.2) is 74.2 Å². The summed E-state index contributed by atoms with van der Waals surface area (Å²) in [5.41, 5.74) is 2.28. The summed E-state index contributed by atoms with van der Waals surface area (Å²) in [7, 11) is 1.55. The zero-order valence-electron chi connectivity index (χ0n) is 17.1. The molecule has 5 nitrogen and oxygen atoms in total. The molecule has 0 unspecified atom stereocenters. The highest BCUT2D eigenvalue weighted by Crippen LogP contribution is 2.38. The largest absolute Gasteiger partial charge is 0.493 e. The Morgan fingerprint density at radius 2 is 1.85 bits per heavy atom. The van der Waals surface area contributed by atoms with E-state index in [1.165, 1.54) is 0 Å². The van der Waals surface area contributed by atoms with Gasteiger partial charge in [0.2, 0.25) is 5.90 Å². The average molecular weight is 612 g/mol. The summed E-state index contributed by atoms with van der Waals surface area (Å²) in [5, 5.41) is 0.814. The van der Waals surface area contributed by atoms with E-state index in [-0.39, 0.29) is 11.6 Å². The van der Waals surface area contributed by atoms with Crippen molar-refractivity contribution in [1.29, 1.82) is 0 Å². The lowest BCUT2D eigenvalue weighted by Gasteiger charge is -2.14. The van der Waals surface area contributed by atoms with Crippen LogP contribution in [0.3, 0.4) is 0 Å². The van der Waals surface area contributed by atoms with Crippen LogP contribution >= 0.6 is 55.1 Å². The molecular formula is C24H15Br2Cl2NO4. The lowest BCUT2D eigenvalue weighted by atomic mass is 10.1. The van der Waals surface area contributed by atoms with Crippen molar-refractivity contribution in [2.75, 3.05) is 7.11 Å². The number of aliphatic imine (C=N–C) groups is 1. The normalized spacial score (nSPS) is 14.3. The maximum atomic E-state index is 12.4. The van der Waals surface area contributed by atoms with E-state index >= 15 is 0 Å². The highest BCUT2D eigenvalue weighted by Gasteiger charge is 2.26. The summed E-state index contributed by atoms with van der Waals surface area (Å²) in [4.78, 5) is 16.7. The second-order valence-corrected chi connectivity index (χ2v) is 9.43. The third-order valence-corrected chi connectivity index (χ3v) is 6.58. The van der Waals surface area contributed by atoms with Gasteiger partial charge in [0.1, 0.15) is 6.61 Å². The number of rotatable bonds is 6. The molecule has 3 aromatic rings. The van der Waals surface area contributed by atoms with E-state index in [4.69, 9.17) is 37.4 Å². The maximum Gasteiger partial charge on any atom is 0.363 e. The minimum atomic E-state index is -0.583. The smallest absolute Gasteiger partial charge is 0.363 e. The van der Waals surface area contributed by atoms with Crippen molar-refractivity contribution < 1.29 is 19.0 Å². The van der Waals surface area contributed by atoms with Crippen LogP contribution in [0.25, 0.3) is 6.08 Å². The fourth-order valence-electron chi connectivity index (χ4n) is 3.07. The van der Waals surface area contributed by atoms with Gasteiger partial charge in [0, 0.05) is 15.1 Å². The predicted octanol–water partition coefficient (Wildman–Crippen LogP) is 7.45. The second kappa shape index (κ2) is 10.3. The SMILES string of the molecule is COc1cc(/C=C2\N=C(c3ccc(Cl)cc3Cl)OC2=O)cc(Br)c1OCc1ccccc1Br. The Morgan fingerprint density at radius 3 is 2.58 bits per heavy atom. The van der Waals surface area contributed by atoms with Gasteiger partial charge in [-0.2, -0.15) is 0 Å². The van der Waals surface area contributed by atoms with Crippen LogP contribution in [0.1, 0.15) is 16.7 Å². The monoisotopic (exact) mass is 609 g/mol. The second-order valence-electron chi connectivity index (χ2n) is 6.87. The van der Waals surface area contributed by atoms with Crippen molar-refractivity contribution in [1.82, 2.24) is 0 Å². The fraction of sp³-hybridized carbons (Fsp3) is 0.0833. The van der Waals surface area contributed by atoms with Crippen LogP contribution < -0.4 is 9.47 Å². The number of methoxy groups -OCH3 is 1. The molecule has 0 fully saturated rings. The molecule has 3 aromatic carbocycles. The molecule has 0 N–H and O–H groups in total. The summed E-state index contributed by atoms with van der Waals surface area (Å²) in [6.45, 7) is 0.346. The van der Waals surface area contributed by atoms with Gasteiger partial charge in [-0.25, -0.2) is 9.79 Å². The molecule has 168 valence electrons. The maximum absolute atomic E-state index is 12.4. The van der Waals surface area contributed by atoms with Crippen LogP contribution in [0.4, 0.5) is 0 Å². The number of carbonyl (C=O) groups is 1. The van der Waals surface area contributed by atoms with Gasteiger partial charge < -0.3 is 14.2 Å². The third-order valence-electron chi connectivity index (χ3n) is 4.67. The van der Waals surface area contributed by atoms with Crippen molar-refractivity contribution in [2.45, 2.75) is 6.61 Å². The molecule has 0 spiro atoms. The van der Waals surface area contributed by atoms with Crippen LogP contribution in [0.2, 0.25) is 10.0 Å². The topological polar surface area (TPSA) is 57.1 Å². The molecule has 4 rings (SSSR count). The zero-order chi connectivity index (χ0) is 23.5. The van der Waals surface area contributed by atoms with Gasteiger partial charge >= 0.3 is 5.97 Å². The van der Waals surface area contributed by atoms with E-state index in [0.29, 0.717) is 43.8 Å². The predicted molar refractivity (Wildman–Crippen MR) is 136 cm³/mol. The number of halogens is 4. The Bertz CT molecular complexity index is 1310. The molecule has 1 heterocycles. The van der Waals surface area contributed by atoms with Crippen LogP contribution in [-0.2, 0) is 16.1 Å². The van der Waals surface area contributed by atoms with Crippen LogP contribution in [0, 0.1) is 0 Å². The van der Waals surface area contributed by atoms with Crippen molar-refractivity contribution in [3.05, 3.63) is 96.0 Å². The van der Waals surface area contributed by atoms with E-state index < -0.39 is 5.97 Å². The van der Waals surface area contributed by atoms with Crippen LogP contribution in [-0.4, -0.2) is 19.0 Å². The van der Waals surface area contributed by atoms with E-state index in [1.54, 1.807) is 43.5 Å². The summed E-state index contributed by atoms with van der Waals surface area (Å²) < 4.78 is 18.4. The number of esters is 1. The molecule has 0 atom stereocenters. The number of hydrogen-bond acceptors (Lipinski definition) is 5. The van der Waals surface area contributed by atoms with Gasteiger partial charge in [-0.05, 0) is 64.0 Å². The molecule has 0 saturated carbocycles. The lowest BCUT2D eigenvalue weighted by Crippen LogP contribution is -2.06. The lowest BCUT2D eigenvalue weighted by molar-refractivity contribution is -0.129. The molecule has 1 aliphatic heterocycles. The van der Waals surface area contributed by atoms with Gasteiger partial charge in [-0.3, -0.25) is 0 Å². The zero-order valence-corrected chi connectivity index (χ0v) is 21.8. The van der Waals surface area contributed by atoms with Crippen molar-refractivity contribution in [3.8, 4) is 11.5 Å². The summed E-state index contributed by atoms with van der Waals surface area (Å²) in [5.74, 6) is 0.578. The van der Waals surface area contributed by atoms with Crippen molar-refractivity contribution >= 4 is 73.0 Å². The Labute approximate surface area is 217 Å². The van der Waals surface area contributed by atoms with Gasteiger partial charge in [-0.1, -0.05) is 57.3 Å². The minimum Gasteiger partial charge on any atom is -0.493 e. The van der Waals surface area contributed by atoms with Crippen LogP contribution in [0.5, 0.6) is 11.5 Å². The molecule has 0 bridgehead atoms. The van der Waals surface area contributed by atoms with Crippen molar-refractivity contribution in [3.63, 3.8) is 0 Å². The van der Waals surface area contributed by atoms with E-state index in [2.05, 4.69) is 36.9 Å². The first-order valence-electron chi connectivity index (χ1n) is 9.57. The molecule has 0 radical (unpaired) electrons. The Morgan fingerprint density at radius 1 is 1.06 bits per heavy atom. The number of cyclic esters (lactones) is 1. The van der Waals surface area contributed by atoms with E-state index in [9.17, 15) is 4.79 Å². The van der Waals surface area contributed by atoms with Gasteiger partial charge in [-0.15, -0.1) is 0 Å². The molecule has 9 heteroatoms. The molecule has 0 amide bonds. The number of carbonyl (C=O) groups excluding carboxylic acids is 1. The molecule has 1 aliphatic rings. The number of ether oxygens (including phenoxy) is 3. The van der Waals surface area contributed by atoms with E-state index in [1.807, 2.05) is 24.3 Å². The first-order chi connectivity index (χ1) is 15.9. The first-order valence-corrected chi connectivity index (χ1v) is 11.9. The quantitative estimate of drug-likeness (QED) is 0.215. The molecule has 0 aromatic heterocycles. The average Bonchev–Trinajstić information content (AvgIpc) is 3.13. The highest BCUT2D eigenvalue weighted by molar-refractivity contribution is 9.10. The molecule has 0 aliphatic carbocycles. The Hall–Kier alpha value is -2.32. The molecule has 0 saturated heterocycles. The summed E-state index contributed by atoms with van der Waals surface area (Å²) in [6.07, 6.45) is 1.60. The number of hydrogen-bond donors (Lipinski definition) is 0. The standard InChI is InChI=1S/C24H15Br2Cl2NO4/c1-31-21-10-13(8-18(26)22(21)32-12-14-4-2-3-5-17(14)25)9-20-24(30)33-23(29-20)16-7-6-15(27)11-19(16)28/h2-11H,12H2,1H3/b20-9-. The Kier molecular flexibility index (Phi) is 7.44. The highest BCUT2D eigenvalue weighted by atomic mass is 79.9. The third kappa shape index (κ3) is 5.44. The molecular weight excluding hydrogens is 597 g/mol. The summed E-state index contributed by atoms with van der Waals surface area (Å²) >= 11 is 19.2. The van der Waals surface area contributed by atoms with Gasteiger partial charge in [0.15, 0.2) is 17.2 Å². The van der Waals surface area contributed by atoms with Gasteiger partial charge in [0.25, 0.3) is 0 Å².